The van der Waals surface area contributed by atoms with Gasteiger partial charge in [-0.25, -0.2) is 0 Å². The Morgan fingerprint density at radius 3 is 2.61 bits per heavy atom. The van der Waals surface area contributed by atoms with Crippen molar-refractivity contribution in [3.8, 4) is 5.75 Å². The van der Waals surface area contributed by atoms with Gasteiger partial charge in [-0.3, -0.25) is 19.7 Å². The first kappa shape index (κ1) is 23.9. The molecule has 0 spiro atoms. The molecule has 1 aliphatic rings. The lowest BCUT2D eigenvalue weighted by Gasteiger charge is -2.36. The summed E-state index contributed by atoms with van der Waals surface area (Å²) in [5, 5.41) is 5.40. The van der Waals surface area contributed by atoms with Gasteiger partial charge in [-0.1, -0.05) is 42.5 Å². The van der Waals surface area contributed by atoms with Crippen LogP contribution in [0.5, 0.6) is 5.75 Å². The molecule has 2 N–H and O–H groups in total. The number of hydrogen-bond acceptors (Lipinski definition) is 6. The van der Waals surface area contributed by atoms with Crippen molar-refractivity contribution in [2.24, 2.45) is 0 Å². The van der Waals surface area contributed by atoms with Crippen LogP contribution in [-0.4, -0.2) is 54.0 Å². The molecule has 33 heavy (non-hydrogen) atoms. The summed E-state index contributed by atoms with van der Waals surface area (Å²) >= 11 is 5.35. The molecule has 1 heterocycles. The van der Waals surface area contributed by atoms with E-state index in [0.29, 0.717) is 13.1 Å². The molecular formula is C24H25N3O5S. The Balaban J connectivity index is 1.56. The predicted molar refractivity (Wildman–Crippen MR) is 127 cm³/mol. The van der Waals surface area contributed by atoms with E-state index in [1.54, 1.807) is 25.3 Å². The third-order valence-electron chi connectivity index (χ3n) is 4.97. The van der Waals surface area contributed by atoms with Gasteiger partial charge in [-0.15, -0.1) is 0 Å². The molecular weight excluding hydrogens is 442 g/mol. The predicted octanol–water partition coefficient (Wildman–Crippen LogP) is 2.04. The molecule has 1 fully saturated rings. The molecule has 2 aromatic rings. The van der Waals surface area contributed by atoms with E-state index in [9.17, 15) is 14.4 Å². The number of nitrogens with zero attached hydrogens (tertiary/aromatic N) is 1. The lowest BCUT2D eigenvalue weighted by Crippen LogP contribution is -2.60. The topological polar surface area (TPSA) is 97.0 Å². The third kappa shape index (κ3) is 7.15. The number of nitrogens with one attached hydrogen (secondary N) is 2. The van der Waals surface area contributed by atoms with Gasteiger partial charge in [0, 0.05) is 19.2 Å². The summed E-state index contributed by atoms with van der Waals surface area (Å²) in [5.74, 6) is -0.593. The molecule has 1 unspecified atom stereocenters. The number of piperazine rings is 1. The fourth-order valence-electron chi connectivity index (χ4n) is 3.22. The van der Waals surface area contributed by atoms with Crippen LogP contribution in [0.2, 0.25) is 0 Å². The summed E-state index contributed by atoms with van der Waals surface area (Å²) in [6.07, 6.45) is 2.80. The van der Waals surface area contributed by atoms with E-state index in [0.717, 1.165) is 16.9 Å². The highest BCUT2D eigenvalue weighted by molar-refractivity contribution is 7.80. The van der Waals surface area contributed by atoms with E-state index in [4.69, 9.17) is 21.7 Å². The number of rotatable bonds is 7. The van der Waals surface area contributed by atoms with Crippen molar-refractivity contribution in [3.63, 3.8) is 0 Å². The molecule has 9 heteroatoms. The Morgan fingerprint density at radius 2 is 1.91 bits per heavy atom. The Morgan fingerprint density at radius 1 is 1.18 bits per heavy atom. The Kier molecular flexibility index (Phi) is 8.54. The highest BCUT2D eigenvalue weighted by atomic mass is 32.1. The molecule has 1 atom stereocenters. The van der Waals surface area contributed by atoms with Crippen LogP contribution < -0.4 is 15.4 Å². The van der Waals surface area contributed by atoms with Crippen LogP contribution in [0.25, 0.3) is 6.08 Å². The molecule has 0 bridgehead atoms. The zero-order valence-corrected chi connectivity index (χ0v) is 19.0. The zero-order chi connectivity index (χ0) is 23.6. The summed E-state index contributed by atoms with van der Waals surface area (Å²) in [6.45, 7) is 0.834. The smallest absolute Gasteiger partial charge is 0.308 e. The van der Waals surface area contributed by atoms with Crippen LogP contribution in [0, 0.1) is 0 Å². The summed E-state index contributed by atoms with van der Waals surface area (Å²) in [4.78, 5) is 38.6. The number of ether oxygens (including phenoxy) is 2. The van der Waals surface area contributed by atoms with Crippen LogP contribution in [0.3, 0.4) is 0 Å². The highest BCUT2D eigenvalue weighted by Gasteiger charge is 2.34. The monoisotopic (exact) mass is 467 g/mol. The third-order valence-corrected chi connectivity index (χ3v) is 5.30. The van der Waals surface area contributed by atoms with Crippen molar-refractivity contribution < 1.29 is 23.9 Å². The van der Waals surface area contributed by atoms with Gasteiger partial charge >= 0.3 is 5.97 Å². The first-order chi connectivity index (χ1) is 16.0. The number of methoxy groups -OCH3 is 1. The lowest BCUT2D eigenvalue weighted by atomic mass is 10.1. The Hall–Kier alpha value is -3.72. The minimum Gasteiger partial charge on any atom is -0.497 e. The zero-order valence-electron chi connectivity index (χ0n) is 18.2. The Labute approximate surface area is 197 Å². The minimum atomic E-state index is -0.861. The van der Waals surface area contributed by atoms with Crippen LogP contribution in [0.4, 0.5) is 0 Å². The molecule has 2 aromatic carbocycles. The fraction of sp³-hybridized carbons (Fsp3) is 0.250. The van der Waals surface area contributed by atoms with E-state index in [-0.39, 0.29) is 24.0 Å². The normalized spacial score (nSPS) is 15.6. The van der Waals surface area contributed by atoms with Gasteiger partial charge in [0.2, 0.25) is 11.8 Å². The van der Waals surface area contributed by atoms with Gasteiger partial charge in [0.15, 0.2) is 5.11 Å². The van der Waals surface area contributed by atoms with Crippen LogP contribution in [-0.2, 0) is 25.7 Å². The number of esters is 1. The van der Waals surface area contributed by atoms with Gasteiger partial charge in [0.1, 0.15) is 18.4 Å². The average Bonchev–Trinajstić information content (AvgIpc) is 2.83. The van der Waals surface area contributed by atoms with Crippen molar-refractivity contribution in [1.82, 2.24) is 15.5 Å². The van der Waals surface area contributed by atoms with Gasteiger partial charge in [-0.05, 0) is 41.6 Å². The molecule has 172 valence electrons. The van der Waals surface area contributed by atoms with Crippen LogP contribution in [0.1, 0.15) is 17.5 Å². The summed E-state index contributed by atoms with van der Waals surface area (Å²) in [6, 6.07) is 15.6. The van der Waals surface area contributed by atoms with E-state index >= 15 is 0 Å². The van der Waals surface area contributed by atoms with Gasteiger partial charge in [0.05, 0.1) is 13.5 Å². The maximum atomic E-state index is 12.4. The molecule has 0 aromatic heterocycles. The van der Waals surface area contributed by atoms with Crippen molar-refractivity contribution in [2.75, 3.05) is 20.2 Å². The fourth-order valence-corrected chi connectivity index (χ4v) is 3.54. The van der Waals surface area contributed by atoms with Crippen LogP contribution in [0.15, 0.2) is 60.7 Å². The molecule has 2 amide bonds. The molecule has 3 rings (SSSR count). The first-order valence-electron chi connectivity index (χ1n) is 10.4. The summed E-state index contributed by atoms with van der Waals surface area (Å²) in [5.41, 5.74) is 1.66. The number of carbonyl (C=O) groups excluding carboxylic acids is 3. The summed E-state index contributed by atoms with van der Waals surface area (Å²) < 4.78 is 10.4. The van der Waals surface area contributed by atoms with Crippen molar-refractivity contribution >= 4 is 41.2 Å². The summed E-state index contributed by atoms with van der Waals surface area (Å²) in [7, 11) is 1.58. The maximum Gasteiger partial charge on any atom is 0.308 e. The van der Waals surface area contributed by atoms with Crippen molar-refractivity contribution in [3.05, 3.63) is 71.8 Å². The second kappa shape index (κ2) is 11.8. The molecule has 0 radical (unpaired) electrons. The largest absolute Gasteiger partial charge is 0.497 e. The van der Waals surface area contributed by atoms with E-state index in [2.05, 4.69) is 10.6 Å². The molecule has 1 saturated heterocycles. The second-order valence-corrected chi connectivity index (χ2v) is 7.64. The van der Waals surface area contributed by atoms with E-state index in [1.165, 1.54) is 11.0 Å². The first-order valence-corrected chi connectivity index (χ1v) is 10.8. The SMILES string of the molecule is COc1ccc(C=CC(=O)NC(=S)N2CCNC(=O)C2CC(=O)OCc2ccccc2)cc1. The minimum absolute atomic E-state index is 0.0788. The Bertz CT molecular complexity index is 1020. The molecule has 1 aliphatic heterocycles. The van der Waals surface area contributed by atoms with Gasteiger partial charge < -0.3 is 19.7 Å². The number of amides is 2. The number of benzene rings is 2. The molecule has 0 saturated carbocycles. The lowest BCUT2D eigenvalue weighted by molar-refractivity contribution is -0.148. The van der Waals surface area contributed by atoms with Gasteiger partial charge in [0.25, 0.3) is 0 Å². The average molecular weight is 468 g/mol. The van der Waals surface area contributed by atoms with Gasteiger partial charge in [-0.2, -0.15) is 0 Å². The van der Waals surface area contributed by atoms with E-state index in [1.807, 2.05) is 42.5 Å². The second-order valence-electron chi connectivity index (χ2n) is 7.25. The van der Waals surface area contributed by atoms with E-state index < -0.39 is 17.9 Å². The number of carbonyl (C=O) groups is 3. The quantitative estimate of drug-likeness (QED) is 0.365. The number of thiocarbonyl (C=S) groups is 1. The van der Waals surface area contributed by atoms with Crippen molar-refractivity contribution in [1.29, 1.82) is 0 Å². The number of hydrogen-bond donors (Lipinski definition) is 2. The van der Waals surface area contributed by atoms with Crippen molar-refractivity contribution in [2.45, 2.75) is 19.1 Å². The highest BCUT2D eigenvalue weighted by Crippen LogP contribution is 2.13. The maximum absolute atomic E-state index is 12.4. The standard InChI is InChI=1S/C24H25N3O5S/c1-31-19-10-7-17(8-11-19)9-12-21(28)26-24(33)27-14-13-25-23(30)20(27)15-22(29)32-16-18-5-3-2-4-6-18/h2-12,20H,13-16H2,1H3,(H,25,30)(H,26,28,33). The molecule has 8 nitrogen and oxygen atoms in total. The van der Waals surface area contributed by atoms with Crippen LogP contribution >= 0.6 is 12.2 Å². The molecule has 0 aliphatic carbocycles.